The van der Waals surface area contributed by atoms with Gasteiger partial charge in [0.1, 0.15) is 5.75 Å². The van der Waals surface area contributed by atoms with E-state index in [9.17, 15) is 9.90 Å². The summed E-state index contributed by atoms with van der Waals surface area (Å²) in [6.07, 6.45) is 4.71. The second-order valence-corrected chi connectivity index (χ2v) is 3.69. The van der Waals surface area contributed by atoms with Gasteiger partial charge in [0.2, 0.25) is 0 Å². The van der Waals surface area contributed by atoms with Gasteiger partial charge in [0, 0.05) is 0 Å². The minimum Gasteiger partial charge on any atom is -0.507 e. The van der Waals surface area contributed by atoms with E-state index < -0.39 is 0 Å². The highest BCUT2D eigenvalue weighted by molar-refractivity contribution is 5.97. The fourth-order valence-electron chi connectivity index (χ4n) is 1.62. The highest BCUT2D eigenvalue weighted by atomic mass is 16.3. The standard InChI is InChI=1S/C14H16O2/c1-4-6-11-8-12(7-5-2)14(16)13(9-11)10(3)15/h4-5,8-9,16H,1-2,6-7H2,3H3. The van der Waals surface area contributed by atoms with Gasteiger partial charge in [0.15, 0.2) is 5.78 Å². The average Bonchev–Trinajstić information content (AvgIpc) is 2.23. The van der Waals surface area contributed by atoms with Crippen LogP contribution in [0.25, 0.3) is 0 Å². The Hall–Kier alpha value is -1.83. The van der Waals surface area contributed by atoms with Crippen LogP contribution in [0.3, 0.4) is 0 Å². The summed E-state index contributed by atoms with van der Waals surface area (Å²) in [6, 6.07) is 3.59. The molecule has 0 aliphatic carbocycles. The minimum absolute atomic E-state index is 0.0696. The van der Waals surface area contributed by atoms with Gasteiger partial charge in [-0.15, -0.1) is 13.2 Å². The van der Waals surface area contributed by atoms with Crippen molar-refractivity contribution in [3.05, 3.63) is 54.1 Å². The summed E-state index contributed by atoms with van der Waals surface area (Å²) in [4.78, 5) is 11.4. The van der Waals surface area contributed by atoms with Gasteiger partial charge in [-0.05, 0) is 37.0 Å². The monoisotopic (exact) mass is 216 g/mol. The Morgan fingerprint density at radius 1 is 1.31 bits per heavy atom. The largest absolute Gasteiger partial charge is 0.507 e. The van der Waals surface area contributed by atoms with Gasteiger partial charge >= 0.3 is 0 Å². The molecule has 0 heterocycles. The van der Waals surface area contributed by atoms with Gasteiger partial charge in [0.05, 0.1) is 5.56 Å². The van der Waals surface area contributed by atoms with E-state index in [1.807, 2.05) is 6.07 Å². The molecule has 0 aliphatic heterocycles. The van der Waals surface area contributed by atoms with Crippen LogP contribution in [0.4, 0.5) is 0 Å². The number of ketones is 1. The van der Waals surface area contributed by atoms with Gasteiger partial charge < -0.3 is 5.11 Å². The van der Waals surface area contributed by atoms with Crippen LogP contribution in [0.1, 0.15) is 28.4 Å². The van der Waals surface area contributed by atoms with Crippen molar-refractivity contribution in [2.75, 3.05) is 0 Å². The average molecular weight is 216 g/mol. The molecule has 0 saturated heterocycles. The number of phenolic OH excluding ortho intramolecular Hbond substituents is 1. The number of Topliss-reactive ketones (excluding diaryl/α,β-unsaturated/α-hetero) is 1. The zero-order valence-electron chi connectivity index (χ0n) is 9.49. The van der Waals surface area contributed by atoms with Crippen LogP contribution in [0.2, 0.25) is 0 Å². The van der Waals surface area contributed by atoms with Crippen LogP contribution in [-0.4, -0.2) is 10.9 Å². The summed E-state index contributed by atoms with van der Waals surface area (Å²) in [5.74, 6) is -0.0612. The molecule has 0 saturated carbocycles. The molecular formula is C14H16O2. The summed E-state index contributed by atoms with van der Waals surface area (Å²) in [6.45, 7) is 8.74. The van der Waals surface area contributed by atoms with Crippen molar-refractivity contribution in [1.29, 1.82) is 0 Å². The van der Waals surface area contributed by atoms with Gasteiger partial charge in [-0.3, -0.25) is 4.79 Å². The maximum atomic E-state index is 11.4. The first-order valence-electron chi connectivity index (χ1n) is 5.17. The van der Waals surface area contributed by atoms with Gasteiger partial charge in [-0.25, -0.2) is 0 Å². The lowest BCUT2D eigenvalue weighted by atomic mass is 9.98. The second kappa shape index (κ2) is 5.31. The maximum absolute atomic E-state index is 11.4. The normalized spacial score (nSPS) is 9.81. The van der Waals surface area contributed by atoms with Crippen LogP contribution >= 0.6 is 0 Å². The Labute approximate surface area is 95.9 Å². The van der Waals surface area contributed by atoms with Crippen molar-refractivity contribution < 1.29 is 9.90 Å². The molecule has 1 aromatic rings. The van der Waals surface area contributed by atoms with E-state index in [1.54, 1.807) is 18.2 Å². The van der Waals surface area contributed by atoms with Crippen molar-refractivity contribution in [1.82, 2.24) is 0 Å². The number of hydrogen-bond acceptors (Lipinski definition) is 2. The number of carbonyl (C=O) groups is 1. The molecule has 0 aromatic heterocycles. The van der Waals surface area contributed by atoms with Crippen LogP contribution in [0.5, 0.6) is 5.75 Å². The molecule has 0 fully saturated rings. The maximum Gasteiger partial charge on any atom is 0.163 e. The highest BCUT2D eigenvalue weighted by Crippen LogP contribution is 2.26. The van der Waals surface area contributed by atoms with Crippen LogP contribution in [0, 0.1) is 0 Å². The Bertz CT molecular complexity index is 431. The Kier molecular flexibility index (Phi) is 4.06. The molecule has 0 bridgehead atoms. The van der Waals surface area contributed by atoms with Crippen LogP contribution < -0.4 is 0 Å². The molecule has 0 aliphatic rings. The SMILES string of the molecule is C=CCc1cc(CC=C)c(O)c(C(C)=O)c1. The molecule has 84 valence electrons. The van der Waals surface area contributed by atoms with Crippen molar-refractivity contribution in [2.24, 2.45) is 0 Å². The molecule has 1 aromatic carbocycles. The molecule has 0 amide bonds. The second-order valence-electron chi connectivity index (χ2n) is 3.69. The van der Waals surface area contributed by atoms with Crippen LogP contribution in [0.15, 0.2) is 37.4 Å². The first-order valence-corrected chi connectivity index (χ1v) is 5.17. The molecule has 1 N–H and O–H groups in total. The summed E-state index contributed by atoms with van der Waals surface area (Å²) in [7, 11) is 0. The van der Waals surface area contributed by atoms with E-state index in [-0.39, 0.29) is 11.5 Å². The number of hydrogen-bond donors (Lipinski definition) is 1. The van der Waals surface area contributed by atoms with Crippen molar-refractivity contribution >= 4 is 5.78 Å². The van der Waals surface area contributed by atoms with E-state index in [4.69, 9.17) is 0 Å². The van der Waals surface area contributed by atoms with E-state index in [2.05, 4.69) is 13.2 Å². The zero-order chi connectivity index (χ0) is 12.1. The van der Waals surface area contributed by atoms with E-state index >= 15 is 0 Å². The lowest BCUT2D eigenvalue weighted by Gasteiger charge is -2.09. The number of benzene rings is 1. The van der Waals surface area contributed by atoms with Crippen molar-refractivity contribution in [3.63, 3.8) is 0 Å². The summed E-state index contributed by atoms with van der Waals surface area (Å²) in [5.41, 5.74) is 2.09. The predicted octanol–water partition coefficient (Wildman–Crippen LogP) is 3.05. The molecule has 16 heavy (non-hydrogen) atoms. The Balaban J connectivity index is 3.31. The fourth-order valence-corrected chi connectivity index (χ4v) is 1.62. The molecule has 1 rings (SSSR count). The summed E-state index contributed by atoms with van der Waals surface area (Å²) in [5, 5.41) is 9.89. The Morgan fingerprint density at radius 2 is 1.94 bits per heavy atom. The fraction of sp³-hybridized carbons (Fsp3) is 0.214. The van der Waals surface area contributed by atoms with Gasteiger partial charge in [-0.2, -0.15) is 0 Å². The van der Waals surface area contributed by atoms with Crippen LogP contribution in [-0.2, 0) is 12.8 Å². The molecule has 0 unspecified atom stereocenters. The van der Waals surface area contributed by atoms with E-state index in [1.165, 1.54) is 6.92 Å². The topological polar surface area (TPSA) is 37.3 Å². The van der Waals surface area contributed by atoms with Gasteiger partial charge in [0.25, 0.3) is 0 Å². The molecule has 2 nitrogen and oxygen atoms in total. The molecule has 0 atom stereocenters. The third-order valence-electron chi connectivity index (χ3n) is 2.37. The van der Waals surface area contributed by atoms with E-state index in [0.29, 0.717) is 18.4 Å². The minimum atomic E-state index is -0.131. The molecular weight excluding hydrogens is 200 g/mol. The molecule has 2 heteroatoms. The predicted molar refractivity (Wildman–Crippen MR) is 65.9 cm³/mol. The van der Waals surface area contributed by atoms with Crippen molar-refractivity contribution in [3.8, 4) is 5.75 Å². The smallest absolute Gasteiger partial charge is 0.163 e. The number of phenols is 1. The third kappa shape index (κ3) is 2.60. The summed E-state index contributed by atoms with van der Waals surface area (Å²) >= 11 is 0. The number of carbonyl (C=O) groups excluding carboxylic acids is 1. The third-order valence-corrected chi connectivity index (χ3v) is 2.37. The first kappa shape index (κ1) is 12.2. The first-order chi connectivity index (χ1) is 7.60. The molecule has 0 radical (unpaired) electrons. The zero-order valence-corrected chi connectivity index (χ0v) is 9.49. The van der Waals surface area contributed by atoms with Gasteiger partial charge in [-0.1, -0.05) is 18.2 Å². The lowest BCUT2D eigenvalue weighted by molar-refractivity contribution is 0.101. The van der Waals surface area contributed by atoms with Crippen molar-refractivity contribution in [2.45, 2.75) is 19.8 Å². The molecule has 0 spiro atoms. The van der Waals surface area contributed by atoms with E-state index in [0.717, 1.165) is 11.1 Å². The lowest BCUT2D eigenvalue weighted by Crippen LogP contribution is -1.98. The summed E-state index contributed by atoms with van der Waals surface area (Å²) < 4.78 is 0. The highest BCUT2D eigenvalue weighted by Gasteiger charge is 2.12. The quantitative estimate of drug-likeness (QED) is 0.606. The number of allylic oxidation sites excluding steroid dienone is 2. The number of rotatable bonds is 5. The Morgan fingerprint density at radius 3 is 2.44 bits per heavy atom. The number of aromatic hydroxyl groups is 1.